The Morgan fingerprint density at radius 2 is 2.14 bits per heavy atom. The van der Waals surface area contributed by atoms with Crippen LogP contribution in [0.25, 0.3) is 0 Å². The van der Waals surface area contributed by atoms with Crippen molar-refractivity contribution in [2.24, 2.45) is 5.92 Å². The van der Waals surface area contributed by atoms with E-state index in [1.165, 1.54) is 6.42 Å². The summed E-state index contributed by atoms with van der Waals surface area (Å²) in [5, 5.41) is 11.5. The quantitative estimate of drug-likeness (QED) is 0.719. The minimum atomic E-state index is -0.766. The van der Waals surface area contributed by atoms with Crippen molar-refractivity contribution < 1.29 is 19.4 Å². The van der Waals surface area contributed by atoms with E-state index in [1.807, 2.05) is 6.92 Å². The van der Waals surface area contributed by atoms with Gasteiger partial charge in [-0.3, -0.25) is 4.79 Å². The van der Waals surface area contributed by atoms with Crippen LogP contribution in [0.15, 0.2) is 0 Å². The fraction of sp³-hybridized carbons (Fsp3) is 0.867. The molecule has 2 N–H and O–H groups in total. The van der Waals surface area contributed by atoms with Gasteiger partial charge in [-0.05, 0) is 38.0 Å². The van der Waals surface area contributed by atoms with E-state index in [-0.39, 0.29) is 18.6 Å². The second-order valence-electron chi connectivity index (χ2n) is 5.93. The predicted octanol–water partition coefficient (Wildman–Crippen LogP) is 2.09. The molecule has 6 nitrogen and oxygen atoms in total. The lowest BCUT2D eigenvalue weighted by Gasteiger charge is -2.27. The van der Waals surface area contributed by atoms with Gasteiger partial charge in [0.05, 0.1) is 6.10 Å². The number of carboxylic acid groups (broad SMARTS) is 1. The Labute approximate surface area is 126 Å². The highest BCUT2D eigenvalue weighted by molar-refractivity contribution is 5.73. The highest BCUT2D eigenvalue weighted by atomic mass is 16.5. The van der Waals surface area contributed by atoms with Crippen molar-refractivity contribution >= 4 is 12.0 Å². The van der Waals surface area contributed by atoms with Crippen LogP contribution in [0.5, 0.6) is 0 Å². The number of amides is 2. The zero-order valence-corrected chi connectivity index (χ0v) is 13.1. The molecule has 2 amide bonds. The molecule has 6 heteroatoms. The van der Waals surface area contributed by atoms with Crippen molar-refractivity contribution in [2.45, 2.75) is 51.6 Å². The lowest BCUT2D eigenvalue weighted by molar-refractivity contribution is -0.137. The second kappa shape index (κ2) is 9.60. The Kier molecular flexibility index (Phi) is 8.12. The van der Waals surface area contributed by atoms with Gasteiger partial charge in [-0.2, -0.15) is 0 Å². The molecule has 0 saturated carbocycles. The minimum Gasteiger partial charge on any atom is -0.481 e. The van der Waals surface area contributed by atoms with Gasteiger partial charge in [-0.25, -0.2) is 4.79 Å². The first-order valence-corrected chi connectivity index (χ1v) is 7.81. The number of likely N-dealkylation sites (N-methyl/N-ethyl adjacent to an activating group) is 1. The first-order chi connectivity index (χ1) is 9.99. The average molecular weight is 300 g/mol. The highest BCUT2D eigenvalue weighted by Gasteiger charge is 2.18. The average Bonchev–Trinajstić information content (AvgIpc) is 2.46. The summed E-state index contributed by atoms with van der Waals surface area (Å²) in [6.45, 7) is 4.01. The third-order valence-corrected chi connectivity index (χ3v) is 3.86. The lowest BCUT2D eigenvalue weighted by atomic mass is 10.0. The summed E-state index contributed by atoms with van der Waals surface area (Å²) in [5.41, 5.74) is 0. The number of nitrogens with one attached hydrogen (secondary N) is 1. The molecule has 1 rings (SSSR count). The molecule has 2 unspecified atom stereocenters. The largest absolute Gasteiger partial charge is 0.481 e. The van der Waals surface area contributed by atoms with Crippen molar-refractivity contribution in [3.05, 3.63) is 0 Å². The highest BCUT2D eigenvalue weighted by Crippen LogP contribution is 2.13. The molecule has 0 aliphatic carbocycles. The van der Waals surface area contributed by atoms with Crippen LogP contribution in [0.4, 0.5) is 4.79 Å². The van der Waals surface area contributed by atoms with Gasteiger partial charge in [0.2, 0.25) is 0 Å². The number of hydrogen-bond acceptors (Lipinski definition) is 3. The Balaban J connectivity index is 2.12. The number of rotatable bonds is 8. The number of carboxylic acids is 1. The number of hydrogen-bond donors (Lipinski definition) is 2. The van der Waals surface area contributed by atoms with Gasteiger partial charge < -0.3 is 20.1 Å². The molecule has 2 atom stereocenters. The summed E-state index contributed by atoms with van der Waals surface area (Å²) in [5.74, 6) is -0.466. The smallest absolute Gasteiger partial charge is 0.317 e. The molecule has 0 radical (unpaired) electrons. The molecular formula is C15H28N2O4. The van der Waals surface area contributed by atoms with Crippen LogP contribution in [-0.4, -0.2) is 54.9 Å². The monoisotopic (exact) mass is 300 g/mol. The predicted molar refractivity (Wildman–Crippen MR) is 80.3 cm³/mol. The Morgan fingerprint density at radius 3 is 2.76 bits per heavy atom. The molecule has 1 fully saturated rings. The van der Waals surface area contributed by atoms with E-state index < -0.39 is 5.97 Å². The Morgan fingerprint density at radius 1 is 1.38 bits per heavy atom. The third-order valence-electron chi connectivity index (χ3n) is 3.86. The molecule has 1 heterocycles. The maximum Gasteiger partial charge on any atom is 0.317 e. The zero-order valence-electron chi connectivity index (χ0n) is 13.1. The lowest BCUT2D eigenvalue weighted by Crippen LogP contribution is -2.43. The number of aliphatic carboxylic acids is 1. The van der Waals surface area contributed by atoms with Crippen molar-refractivity contribution in [2.75, 3.05) is 26.7 Å². The van der Waals surface area contributed by atoms with Gasteiger partial charge in [-0.1, -0.05) is 6.92 Å². The normalized spacial score (nSPS) is 19.8. The van der Waals surface area contributed by atoms with E-state index in [9.17, 15) is 9.59 Å². The second-order valence-corrected chi connectivity index (χ2v) is 5.93. The molecule has 1 aliphatic heterocycles. The summed E-state index contributed by atoms with van der Waals surface area (Å²) in [4.78, 5) is 24.1. The van der Waals surface area contributed by atoms with E-state index in [4.69, 9.17) is 9.84 Å². The molecule has 21 heavy (non-hydrogen) atoms. The molecule has 0 aromatic rings. The topological polar surface area (TPSA) is 78.9 Å². The van der Waals surface area contributed by atoms with Crippen LogP contribution in [-0.2, 0) is 9.53 Å². The van der Waals surface area contributed by atoms with Crippen LogP contribution >= 0.6 is 0 Å². The van der Waals surface area contributed by atoms with Gasteiger partial charge in [0.15, 0.2) is 0 Å². The van der Waals surface area contributed by atoms with Gasteiger partial charge in [0.1, 0.15) is 0 Å². The number of carbonyl (C=O) groups excluding carboxylic acids is 1. The van der Waals surface area contributed by atoms with Crippen LogP contribution in [0.2, 0.25) is 0 Å². The summed E-state index contributed by atoms with van der Waals surface area (Å²) >= 11 is 0. The van der Waals surface area contributed by atoms with Gasteiger partial charge in [0, 0.05) is 33.2 Å². The van der Waals surface area contributed by atoms with Crippen molar-refractivity contribution in [3.8, 4) is 0 Å². The maximum atomic E-state index is 11.9. The first kappa shape index (κ1) is 17.8. The van der Waals surface area contributed by atoms with E-state index >= 15 is 0 Å². The minimum absolute atomic E-state index is 0.0883. The molecule has 0 spiro atoms. The van der Waals surface area contributed by atoms with E-state index in [0.29, 0.717) is 25.4 Å². The molecular weight excluding hydrogens is 272 g/mol. The van der Waals surface area contributed by atoms with E-state index in [0.717, 1.165) is 25.9 Å². The fourth-order valence-corrected chi connectivity index (χ4v) is 2.41. The van der Waals surface area contributed by atoms with Gasteiger partial charge >= 0.3 is 12.0 Å². The maximum absolute atomic E-state index is 11.9. The number of ether oxygens (including phenoxy) is 1. The Bertz CT molecular complexity index is 330. The molecule has 1 aliphatic rings. The number of carbonyl (C=O) groups is 2. The van der Waals surface area contributed by atoms with E-state index in [2.05, 4.69) is 5.32 Å². The Hall–Kier alpha value is -1.30. The summed E-state index contributed by atoms with van der Waals surface area (Å²) in [6.07, 6.45) is 5.09. The molecule has 0 aromatic carbocycles. The van der Waals surface area contributed by atoms with Crippen molar-refractivity contribution in [1.29, 1.82) is 0 Å². The van der Waals surface area contributed by atoms with Crippen LogP contribution in [0.1, 0.15) is 45.4 Å². The molecule has 122 valence electrons. The standard InChI is InChI=1S/C15H28N2O4/c1-12(6-7-14(18)19)8-9-16-15(20)17(2)11-13-5-3-4-10-21-13/h12-13H,3-11H2,1-2H3,(H,16,20)(H,18,19). The SMILES string of the molecule is CC(CCNC(=O)N(C)CC1CCCCO1)CCC(=O)O. The van der Waals surface area contributed by atoms with E-state index in [1.54, 1.807) is 11.9 Å². The summed E-state index contributed by atoms with van der Waals surface area (Å²) < 4.78 is 5.62. The molecule has 0 bridgehead atoms. The fourth-order valence-electron chi connectivity index (χ4n) is 2.41. The number of urea groups is 1. The zero-order chi connectivity index (χ0) is 15.7. The van der Waals surface area contributed by atoms with Crippen LogP contribution in [0, 0.1) is 5.92 Å². The third kappa shape index (κ3) is 7.90. The van der Waals surface area contributed by atoms with Crippen molar-refractivity contribution in [3.63, 3.8) is 0 Å². The molecule has 1 saturated heterocycles. The van der Waals surface area contributed by atoms with Crippen LogP contribution < -0.4 is 5.32 Å². The van der Waals surface area contributed by atoms with Crippen molar-refractivity contribution in [1.82, 2.24) is 10.2 Å². The summed E-state index contributed by atoms with van der Waals surface area (Å²) in [6, 6.07) is -0.0883. The van der Waals surface area contributed by atoms with Gasteiger partial charge in [0.25, 0.3) is 0 Å². The van der Waals surface area contributed by atoms with Crippen LogP contribution in [0.3, 0.4) is 0 Å². The molecule has 0 aromatic heterocycles. The number of nitrogens with zero attached hydrogens (tertiary/aromatic N) is 1. The first-order valence-electron chi connectivity index (χ1n) is 7.81. The van der Waals surface area contributed by atoms with Gasteiger partial charge in [-0.15, -0.1) is 0 Å². The summed E-state index contributed by atoms with van der Waals surface area (Å²) in [7, 11) is 1.78.